The van der Waals surface area contributed by atoms with E-state index in [0.29, 0.717) is 17.7 Å². The molecule has 0 atom stereocenters. The van der Waals surface area contributed by atoms with Gasteiger partial charge in [0.15, 0.2) is 11.6 Å². The fraction of sp³-hybridized carbons (Fsp3) is 0.281. The van der Waals surface area contributed by atoms with Crippen LogP contribution in [0.5, 0.6) is 0 Å². The number of hydrogen-bond donors (Lipinski definition) is 2. The van der Waals surface area contributed by atoms with Crippen molar-refractivity contribution in [3.8, 4) is 12.1 Å². The molecule has 0 radical (unpaired) electrons. The average Bonchev–Trinajstić information content (AvgIpc) is 3.00. The van der Waals surface area contributed by atoms with Gasteiger partial charge in [-0.25, -0.2) is 4.79 Å². The van der Waals surface area contributed by atoms with Crippen LogP contribution >= 0.6 is 0 Å². The quantitative estimate of drug-likeness (QED) is 0.333. The normalized spacial score (nSPS) is 8.08. The highest BCUT2D eigenvalue weighted by Crippen LogP contribution is 2.08. The van der Waals surface area contributed by atoms with Crippen molar-refractivity contribution in [1.82, 2.24) is 0 Å². The minimum absolute atomic E-state index is 0.0509. The summed E-state index contributed by atoms with van der Waals surface area (Å²) in [6.45, 7) is 15.4. The maximum Gasteiger partial charge on any atom is 0.337 e. The predicted molar refractivity (Wildman–Crippen MR) is 158 cm³/mol. The molecule has 0 aromatic heterocycles. The smallest absolute Gasteiger partial charge is 0.337 e. The second-order valence-corrected chi connectivity index (χ2v) is 6.59. The van der Waals surface area contributed by atoms with Crippen molar-refractivity contribution in [2.24, 2.45) is 5.73 Å². The van der Waals surface area contributed by atoms with Gasteiger partial charge in [-0.1, -0.05) is 96.1 Å². The van der Waals surface area contributed by atoms with Crippen LogP contribution in [0, 0.1) is 22.7 Å². The highest BCUT2D eigenvalue weighted by molar-refractivity contribution is 5.96. The monoisotopic (exact) mass is 531 g/mol. The maximum atomic E-state index is 11.0. The molecule has 0 unspecified atom stereocenters. The number of carbonyl (C=O) groups excluding carboxylic acids is 2. The van der Waals surface area contributed by atoms with E-state index in [2.05, 4.69) is 0 Å². The number of carbonyl (C=O) groups is 3. The zero-order chi connectivity index (χ0) is 30.8. The first-order valence-electron chi connectivity index (χ1n) is 12.8. The minimum Gasteiger partial charge on any atom is -0.478 e. The zero-order valence-electron chi connectivity index (χ0n) is 24.3. The van der Waals surface area contributed by atoms with Gasteiger partial charge in [0.25, 0.3) is 0 Å². The van der Waals surface area contributed by atoms with E-state index in [1.165, 1.54) is 19.1 Å². The number of carboxylic acids is 1. The van der Waals surface area contributed by atoms with Crippen LogP contribution in [0.3, 0.4) is 0 Å². The molecule has 0 amide bonds. The van der Waals surface area contributed by atoms with Crippen molar-refractivity contribution >= 4 is 17.5 Å². The number of hydrogen-bond acceptors (Lipinski definition) is 6. The van der Waals surface area contributed by atoms with E-state index < -0.39 is 5.97 Å². The Balaban J connectivity index is -0.000000453. The summed E-state index contributed by atoms with van der Waals surface area (Å²) in [5.74, 6) is -1.06. The number of ketones is 2. The van der Waals surface area contributed by atoms with E-state index in [0.717, 1.165) is 11.1 Å². The second kappa shape index (κ2) is 25.1. The van der Waals surface area contributed by atoms with Crippen molar-refractivity contribution in [3.05, 3.63) is 106 Å². The Labute approximate surface area is 233 Å². The summed E-state index contributed by atoms with van der Waals surface area (Å²) in [6, 6.07) is 24.0. The third kappa shape index (κ3) is 15.3. The van der Waals surface area contributed by atoms with Gasteiger partial charge in [0, 0.05) is 17.7 Å². The van der Waals surface area contributed by atoms with Gasteiger partial charge in [0.1, 0.15) is 6.07 Å². The second-order valence-electron chi connectivity index (χ2n) is 6.59. The number of nitriles is 2. The van der Waals surface area contributed by atoms with Crippen molar-refractivity contribution in [1.29, 1.82) is 10.5 Å². The molecule has 3 aromatic rings. The van der Waals surface area contributed by atoms with Crippen molar-refractivity contribution in [2.75, 3.05) is 0 Å². The summed E-state index contributed by atoms with van der Waals surface area (Å²) in [5.41, 5.74) is 8.27. The fourth-order valence-electron chi connectivity index (χ4n) is 2.70. The number of carboxylic acid groups (broad SMARTS) is 1. The van der Waals surface area contributed by atoms with E-state index in [1.807, 2.05) is 65.8 Å². The Morgan fingerprint density at radius 3 is 1.26 bits per heavy atom. The first-order chi connectivity index (χ1) is 18.8. The van der Waals surface area contributed by atoms with Crippen molar-refractivity contribution in [2.45, 2.75) is 61.9 Å². The number of rotatable bonds is 4. The van der Waals surface area contributed by atoms with Gasteiger partial charge in [0.05, 0.1) is 22.8 Å². The first-order valence-corrected chi connectivity index (χ1v) is 12.8. The van der Waals surface area contributed by atoms with E-state index in [9.17, 15) is 14.4 Å². The van der Waals surface area contributed by atoms with E-state index in [-0.39, 0.29) is 22.7 Å². The predicted octanol–water partition coefficient (Wildman–Crippen LogP) is 7.44. The third-order valence-electron chi connectivity index (χ3n) is 4.32. The molecule has 0 aliphatic heterocycles. The largest absolute Gasteiger partial charge is 0.478 e. The van der Waals surface area contributed by atoms with Gasteiger partial charge in [-0.05, 0) is 37.6 Å². The Hall–Kier alpha value is -4.59. The third-order valence-corrected chi connectivity index (χ3v) is 4.32. The average molecular weight is 532 g/mol. The summed E-state index contributed by atoms with van der Waals surface area (Å²) >= 11 is 0. The highest BCUT2D eigenvalue weighted by Gasteiger charge is 2.07. The highest BCUT2D eigenvalue weighted by atomic mass is 16.4. The molecule has 0 bridgehead atoms. The van der Waals surface area contributed by atoms with Gasteiger partial charge >= 0.3 is 5.97 Å². The molecular weight excluding hydrogens is 490 g/mol. The molecule has 3 aromatic carbocycles. The van der Waals surface area contributed by atoms with Crippen molar-refractivity contribution in [3.63, 3.8) is 0 Å². The van der Waals surface area contributed by atoms with Crippen LogP contribution in [0.2, 0.25) is 0 Å². The van der Waals surface area contributed by atoms with Crippen LogP contribution in [0.1, 0.15) is 103 Å². The van der Waals surface area contributed by atoms with Crippen LogP contribution in [-0.2, 0) is 6.54 Å². The standard InChI is InChI=1S/C9H11NO.C9H7NO.C8H5NO2.3C2H6/c2*1-7(11)9-5-3-2-4-8(9)6-10;9-5-6-3-1-2-4-7(6)8(10)11;3*1-2/h2-5H,6,10H2,1H3;2-5H,1H3;1-4H,(H,10,11);3*1-2H3. The van der Waals surface area contributed by atoms with Gasteiger partial charge in [0.2, 0.25) is 0 Å². The van der Waals surface area contributed by atoms with Gasteiger partial charge in [-0.15, -0.1) is 0 Å². The molecule has 0 spiro atoms. The van der Waals surface area contributed by atoms with Crippen LogP contribution in [0.15, 0.2) is 72.8 Å². The van der Waals surface area contributed by atoms with Crippen molar-refractivity contribution < 1.29 is 19.5 Å². The molecular formula is C32H41N3O4. The van der Waals surface area contributed by atoms with E-state index in [4.69, 9.17) is 21.4 Å². The lowest BCUT2D eigenvalue weighted by molar-refractivity contribution is 0.0696. The molecule has 7 heteroatoms. The molecule has 208 valence electrons. The van der Waals surface area contributed by atoms with E-state index in [1.54, 1.807) is 55.5 Å². The van der Waals surface area contributed by atoms with Gasteiger partial charge < -0.3 is 10.8 Å². The van der Waals surface area contributed by atoms with Gasteiger partial charge in [-0.2, -0.15) is 10.5 Å². The lowest BCUT2D eigenvalue weighted by atomic mass is 10.1. The number of nitrogens with zero attached hydrogens (tertiary/aromatic N) is 2. The molecule has 0 aliphatic carbocycles. The summed E-state index contributed by atoms with van der Waals surface area (Å²) in [5, 5.41) is 25.6. The molecule has 0 aliphatic rings. The minimum atomic E-state index is -1.07. The Morgan fingerprint density at radius 1 is 0.641 bits per heavy atom. The van der Waals surface area contributed by atoms with Crippen LogP contribution in [-0.4, -0.2) is 22.6 Å². The fourth-order valence-corrected chi connectivity index (χ4v) is 2.70. The topological polar surface area (TPSA) is 145 Å². The zero-order valence-corrected chi connectivity index (χ0v) is 24.3. The number of nitrogens with two attached hydrogens (primary N) is 1. The number of aromatic carboxylic acids is 1. The Morgan fingerprint density at radius 2 is 0.974 bits per heavy atom. The lowest BCUT2D eigenvalue weighted by Crippen LogP contribution is -2.04. The summed E-state index contributed by atoms with van der Waals surface area (Å²) in [7, 11) is 0. The molecule has 0 heterocycles. The summed E-state index contributed by atoms with van der Waals surface area (Å²) in [6.07, 6.45) is 0. The van der Waals surface area contributed by atoms with Crippen LogP contribution in [0.25, 0.3) is 0 Å². The molecule has 39 heavy (non-hydrogen) atoms. The molecule has 0 fully saturated rings. The van der Waals surface area contributed by atoms with Gasteiger partial charge in [-0.3, -0.25) is 9.59 Å². The van der Waals surface area contributed by atoms with Crippen LogP contribution in [0.4, 0.5) is 0 Å². The molecule has 3 N–H and O–H groups in total. The molecule has 3 rings (SSSR count). The molecule has 0 saturated heterocycles. The first kappa shape index (κ1) is 38.9. The Kier molecular flexibility index (Phi) is 25.0. The SMILES string of the molecule is CC.CC.CC.CC(=O)c1ccccc1C#N.CC(=O)c1ccccc1CN.N#Cc1ccccc1C(=O)O. The van der Waals surface area contributed by atoms with E-state index >= 15 is 0 Å². The Bertz CT molecular complexity index is 1150. The summed E-state index contributed by atoms with van der Waals surface area (Å²) < 4.78 is 0. The number of benzene rings is 3. The maximum absolute atomic E-state index is 11.0. The van der Waals surface area contributed by atoms with Crippen LogP contribution < -0.4 is 5.73 Å². The molecule has 7 nitrogen and oxygen atoms in total. The molecule has 0 saturated carbocycles. The number of Topliss-reactive ketones (excluding diaryl/α,β-unsaturated/α-hetero) is 2. The summed E-state index contributed by atoms with van der Waals surface area (Å²) in [4.78, 5) is 32.3. The lowest BCUT2D eigenvalue weighted by Gasteiger charge is -2.01.